The van der Waals surface area contributed by atoms with Crippen LogP contribution in [-0.2, 0) is 6.54 Å². The molecule has 0 aromatic carbocycles. The maximum Gasteiger partial charge on any atom is 0.137 e. The normalized spacial score (nSPS) is 13.3. The van der Waals surface area contributed by atoms with Gasteiger partial charge in [0.2, 0.25) is 0 Å². The van der Waals surface area contributed by atoms with Crippen LogP contribution in [0.15, 0.2) is 30.6 Å². The summed E-state index contributed by atoms with van der Waals surface area (Å²) in [6.07, 6.45) is 5.17. The number of pyridine rings is 1. The van der Waals surface area contributed by atoms with Crippen molar-refractivity contribution < 1.29 is 0 Å². The molecule has 0 radical (unpaired) electrons. The topological polar surface area (TPSA) is 29.3 Å². The van der Waals surface area contributed by atoms with Gasteiger partial charge >= 0.3 is 0 Å². The van der Waals surface area contributed by atoms with Crippen LogP contribution in [0.2, 0.25) is 0 Å². The first-order valence-electron chi connectivity index (χ1n) is 6.41. The Labute approximate surface area is 113 Å². The van der Waals surface area contributed by atoms with E-state index in [-0.39, 0.29) is 0 Å². The Morgan fingerprint density at radius 1 is 1.39 bits per heavy atom. The third kappa shape index (κ3) is 3.47. The van der Waals surface area contributed by atoms with Crippen LogP contribution in [0.5, 0.6) is 0 Å². The van der Waals surface area contributed by atoms with Crippen LogP contribution in [0.3, 0.4) is 0 Å². The third-order valence-corrected chi connectivity index (χ3v) is 3.30. The Morgan fingerprint density at radius 3 is 2.89 bits per heavy atom. The van der Waals surface area contributed by atoms with Gasteiger partial charge in [-0.3, -0.25) is 0 Å². The number of fused-ring (bicyclic) bond motifs is 1. The summed E-state index contributed by atoms with van der Waals surface area (Å²) in [5.41, 5.74) is 2.04. The van der Waals surface area contributed by atoms with E-state index in [1.165, 1.54) is 0 Å². The first-order chi connectivity index (χ1) is 8.69. The van der Waals surface area contributed by atoms with Gasteiger partial charge in [-0.2, -0.15) is 0 Å². The van der Waals surface area contributed by atoms with Crippen LogP contribution in [0.25, 0.3) is 5.65 Å². The Hall–Kier alpha value is -1.06. The molecular formula is C14H20ClN3. The highest BCUT2D eigenvalue weighted by molar-refractivity contribution is 6.18. The van der Waals surface area contributed by atoms with Gasteiger partial charge in [0.05, 0.1) is 5.69 Å². The number of nitrogens with zero attached hydrogens (tertiary/aromatic N) is 2. The third-order valence-electron chi connectivity index (χ3n) is 2.93. The molecule has 98 valence electrons. The quantitative estimate of drug-likeness (QED) is 0.814. The summed E-state index contributed by atoms with van der Waals surface area (Å²) >= 11 is 5.97. The smallest absolute Gasteiger partial charge is 0.137 e. The van der Waals surface area contributed by atoms with Crippen molar-refractivity contribution in [2.45, 2.75) is 32.9 Å². The number of halogens is 1. The SMILES string of the molecule is CC(C)CC(CCl)NCc1cn2ccccc2n1. The second kappa shape index (κ2) is 6.21. The molecule has 1 atom stereocenters. The number of nitrogens with one attached hydrogen (secondary N) is 1. The molecule has 2 rings (SSSR count). The number of imidazole rings is 1. The lowest BCUT2D eigenvalue weighted by atomic mass is 10.1. The van der Waals surface area contributed by atoms with Crippen molar-refractivity contribution in [1.29, 1.82) is 0 Å². The largest absolute Gasteiger partial charge is 0.307 e. The summed E-state index contributed by atoms with van der Waals surface area (Å²) < 4.78 is 2.04. The fourth-order valence-electron chi connectivity index (χ4n) is 2.09. The Balaban J connectivity index is 1.96. The van der Waals surface area contributed by atoms with Crippen LogP contribution in [0.4, 0.5) is 0 Å². The number of hydrogen-bond donors (Lipinski definition) is 1. The minimum atomic E-state index is 0.358. The second-order valence-corrected chi connectivity index (χ2v) is 5.37. The molecule has 0 fully saturated rings. The summed E-state index contributed by atoms with van der Waals surface area (Å²) in [5.74, 6) is 1.30. The van der Waals surface area contributed by atoms with Crippen molar-refractivity contribution in [3.8, 4) is 0 Å². The van der Waals surface area contributed by atoms with E-state index in [2.05, 4.69) is 30.3 Å². The van der Waals surface area contributed by atoms with E-state index in [4.69, 9.17) is 11.6 Å². The van der Waals surface area contributed by atoms with Crippen molar-refractivity contribution in [3.05, 3.63) is 36.3 Å². The van der Waals surface area contributed by atoms with Gasteiger partial charge in [-0.1, -0.05) is 19.9 Å². The van der Waals surface area contributed by atoms with Gasteiger partial charge in [-0.25, -0.2) is 4.98 Å². The van der Waals surface area contributed by atoms with Gasteiger partial charge in [0.25, 0.3) is 0 Å². The maximum atomic E-state index is 5.97. The van der Waals surface area contributed by atoms with Crippen molar-refractivity contribution in [2.75, 3.05) is 5.88 Å². The molecule has 1 unspecified atom stereocenters. The van der Waals surface area contributed by atoms with Crippen molar-refractivity contribution >= 4 is 17.2 Å². The number of alkyl halides is 1. The molecule has 2 heterocycles. The molecule has 4 heteroatoms. The van der Waals surface area contributed by atoms with Crippen LogP contribution in [-0.4, -0.2) is 21.3 Å². The fraction of sp³-hybridized carbons (Fsp3) is 0.500. The lowest BCUT2D eigenvalue weighted by molar-refractivity contribution is 0.443. The Morgan fingerprint density at radius 2 is 2.22 bits per heavy atom. The summed E-state index contributed by atoms with van der Waals surface area (Å²) in [7, 11) is 0. The zero-order chi connectivity index (χ0) is 13.0. The van der Waals surface area contributed by atoms with Gasteiger partial charge in [0.1, 0.15) is 5.65 Å². The standard InChI is InChI=1S/C14H20ClN3/c1-11(2)7-12(8-15)16-9-13-10-18-6-4-3-5-14(18)17-13/h3-6,10-12,16H,7-9H2,1-2H3. The molecule has 3 nitrogen and oxygen atoms in total. The molecule has 0 aliphatic heterocycles. The maximum absolute atomic E-state index is 5.97. The van der Waals surface area contributed by atoms with E-state index >= 15 is 0 Å². The first kappa shape index (κ1) is 13.4. The van der Waals surface area contributed by atoms with E-state index in [9.17, 15) is 0 Å². The average molecular weight is 266 g/mol. The molecule has 0 aliphatic carbocycles. The Kier molecular flexibility index (Phi) is 4.61. The van der Waals surface area contributed by atoms with Crippen LogP contribution >= 0.6 is 11.6 Å². The highest BCUT2D eigenvalue weighted by Gasteiger charge is 2.10. The van der Waals surface area contributed by atoms with Crippen molar-refractivity contribution in [3.63, 3.8) is 0 Å². The summed E-state index contributed by atoms with van der Waals surface area (Å²) in [6.45, 7) is 5.20. The zero-order valence-corrected chi connectivity index (χ0v) is 11.7. The van der Waals surface area contributed by atoms with E-state index in [1.54, 1.807) is 0 Å². The minimum absolute atomic E-state index is 0.358. The van der Waals surface area contributed by atoms with Crippen molar-refractivity contribution in [1.82, 2.24) is 14.7 Å². The molecule has 2 aromatic rings. The van der Waals surface area contributed by atoms with Gasteiger partial charge in [0.15, 0.2) is 0 Å². The first-order valence-corrected chi connectivity index (χ1v) is 6.94. The molecule has 1 N–H and O–H groups in total. The summed E-state index contributed by atoms with van der Waals surface area (Å²) in [5, 5.41) is 3.47. The van der Waals surface area contributed by atoms with Crippen LogP contribution < -0.4 is 5.32 Å². The zero-order valence-electron chi connectivity index (χ0n) is 10.9. The summed E-state index contributed by atoms with van der Waals surface area (Å²) in [4.78, 5) is 4.56. The van der Waals surface area contributed by atoms with E-state index in [1.807, 2.05) is 28.8 Å². The number of hydrogen-bond acceptors (Lipinski definition) is 2. The van der Waals surface area contributed by atoms with Crippen LogP contribution in [0, 0.1) is 5.92 Å². The lowest BCUT2D eigenvalue weighted by Crippen LogP contribution is -2.31. The van der Waals surface area contributed by atoms with E-state index < -0.39 is 0 Å². The fourth-order valence-corrected chi connectivity index (χ4v) is 2.33. The Bertz CT molecular complexity index is 459. The molecule has 2 aromatic heterocycles. The molecule has 0 saturated heterocycles. The highest BCUT2D eigenvalue weighted by Crippen LogP contribution is 2.08. The van der Waals surface area contributed by atoms with Gasteiger partial charge < -0.3 is 9.72 Å². The average Bonchev–Trinajstić information content (AvgIpc) is 2.76. The van der Waals surface area contributed by atoms with E-state index in [0.29, 0.717) is 17.8 Å². The number of rotatable bonds is 6. The van der Waals surface area contributed by atoms with Gasteiger partial charge in [-0.15, -0.1) is 11.6 Å². The van der Waals surface area contributed by atoms with Crippen molar-refractivity contribution in [2.24, 2.45) is 5.92 Å². The van der Waals surface area contributed by atoms with Gasteiger partial charge in [0, 0.05) is 30.9 Å². The predicted octanol–water partition coefficient (Wildman–Crippen LogP) is 3.08. The van der Waals surface area contributed by atoms with E-state index in [0.717, 1.165) is 24.3 Å². The molecule has 0 saturated carbocycles. The lowest BCUT2D eigenvalue weighted by Gasteiger charge is -2.17. The van der Waals surface area contributed by atoms with Crippen LogP contribution in [0.1, 0.15) is 26.0 Å². The molecule has 18 heavy (non-hydrogen) atoms. The molecular weight excluding hydrogens is 246 g/mol. The molecule has 0 bridgehead atoms. The number of aromatic nitrogens is 2. The van der Waals surface area contributed by atoms with Gasteiger partial charge in [-0.05, 0) is 24.5 Å². The highest BCUT2D eigenvalue weighted by atomic mass is 35.5. The second-order valence-electron chi connectivity index (χ2n) is 5.06. The minimum Gasteiger partial charge on any atom is -0.307 e. The summed E-state index contributed by atoms with van der Waals surface area (Å²) in [6, 6.07) is 6.37. The molecule has 0 aliphatic rings. The predicted molar refractivity (Wildman–Crippen MR) is 76.0 cm³/mol. The monoisotopic (exact) mass is 265 g/mol. The molecule has 0 spiro atoms. The molecule has 0 amide bonds.